The fourth-order valence-corrected chi connectivity index (χ4v) is 5.74. The first kappa shape index (κ1) is 26.8. The number of phenols is 1. The van der Waals surface area contributed by atoms with Gasteiger partial charge >= 0.3 is 5.69 Å². The first-order valence-electron chi connectivity index (χ1n) is 13.0. The summed E-state index contributed by atoms with van der Waals surface area (Å²) in [6, 6.07) is 3.47. The molecule has 1 aromatic carbocycles. The minimum absolute atomic E-state index is 0.0591. The fourth-order valence-electron chi connectivity index (χ4n) is 5.46. The van der Waals surface area contributed by atoms with Crippen molar-refractivity contribution >= 4 is 34.4 Å². The van der Waals surface area contributed by atoms with Crippen molar-refractivity contribution < 1.29 is 23.6 Å². The van der Waals surface area contributed by atoms with Crippen LogP contribution in [-0.4, -0.2) is 67.9 Å². The van der Waals surface area contributed by atoms with Gasteiger partial charge in [-0.15, -0.1) is 0 Å². The highest BCUT2D eigenvalue weighted by Crippen LogP contribution is 2.47. The van der Waals surface area contributed by atoms with Crippen LogP contribution in [-0.2, 0) is 4.79 Å². The predicted octanol–water partition coefficient (Wildman–Crippen LogP) is 3.96. The average molecular weight is 581 g/mol. The third-order valence-corrected chi connectivity index (χ3v) is 7.75. The lowest BCUT2D eigenvalue weighted by Crippen LogP contribution is -2.56. The number of aromatic hydroxyl groups is 1. The average Bonchev–Trinajstić information content (AvgIpc) is 3.24. The largest absolute Gasteiger partial charge is 0.507 e. The van der Waals surface area contributed by atoms with Gasteiger partial charge in [-0.3, -0.25) is 4.79 Å². The lowest BCUT2D eigenvalue weighted by Gasteiger charge is -2.40. The normalized spacial score (nSPS) is 16.5. The van der Waals surface area contributed by atoms with E-state index >= 15 is 4.39 Å². The van der Waals surface area contributed by atoms with Crippen molar-refractivity contribution in [3.8, 4) is 28.4 Å². The number of phenolic OH excluding ortho intramolecular Hbond substituents is 1. The monoisotopic (exact) mass is 580 g/mol. The number of carbonyl (C=O) groups is 1. The highest BCUT2D eigenvalue weighted by atomic mass is 35.5. The van der Waals surface area contributed by atoms with E-state index in [1.807, 2.05) is 18.7 Å². The first-order chi connectivity index (χ1) is 19.6. The molecule has 0 bridgehead atoms. The number of carbonyl (C=O) groups excluding carboxylic acids is 1. The van der Waals surface area contributed by atoms with Crippen LogP contribution in [0.4, 0.5) is 10.2 Å². The second-order valence-corrected chi connectivity index (χ2v) is 10.6. The maximum absolute atomic E-state index is 15.1. The number of halogens is 2. The number of piperazine rings is 1. The molecule has 0 aliphatic carbocycles. The maximum atomic E-state index is 15.1. The standard InChI is InChI=1S/C28H26ClFN6O5/c1-5-18(38)34-9-10-35-15(11-34)12-40-25-20-26(35)32-28(39)36(23-14(4)33-41-24(23)13(2)3)27(20)31-22(21(25)29)19-16(30)7-6-8-17(19)37/h5-8,13,15,37H,1,9-12H2,2-4H3/t15-/m1/s1. The summed E-state index contributed by atoms with van der Waals surface area (Å²) in [5.41, 5.74) is -0.168. The number of rotatable bonds is 4. The Labute approximate surface area is 238 Å². The van der Waals surface area contributed by atoms with E-state index in [1.54, 1.807) is 11.8 Å². The quantitative estimate of drug-likeness (QED) is 0.357. The summed E-state index contributed by atoms with van der Waals surface area (Å²) in [6.45, 7) is 10.1. The number of hydrogen-bond acceptors (Lipinski definition) is 9. The van der Waals surface area contributed by atoms with Gasteiger partial charge in [-0.05, 0) is 25.1 Å². The molecule has 0 saturated carbocycles. The zero-order chi connectivity index (χ0) is 29.2. The highest BCUT2D eigenvalue weighted by Gasteiger charge is 2.38. The van der Waals surface area contributed by atoms with Gasteiger partial charge in [0.1, 0.15) is 51.5 Å². The van der Waals surface area contributed by atoms with Crippen molar-refractivity contribution in [3.63, 3.8) is 0 Å². The van der Waals surface area contributed by atoms with Crippen LogP contribution in [0.25, 0.3) is 28.0 Å². The van der Waals surface area contributed by atoms with E-state index in [4.69, 9.17) is 25.8 Å². The third kappa shape index (κ3) is 4.12. The summed E-state index contributed by atoms with van der Waals surface area (Å²) in [5, 5.41) is 15.0. The molecule has 0 radical (unpaired) electrons. The number of pyridine rings is 1. The van der Waals surface area contributed by atoms with Gasteiger partial charge in [0.05, 0.1) is 11.6 Å². The van der Waals surface area contributed by atoms with Crippen molar-refractivity contribution in [2.24, 2.45) is 0 Å². The second kappa shape index (κ2) is 9.88. The topological polar surface area (TPSA) is 127 Å². The SMILES string of the molecule is C=CC(=O)N1CCN2c3nc(=O)n(-c4c(C)noc4C(C)C)c4nc(-c5c(O)cccc5F)c(Cl)c(c34)OC[C@H]2C1. The van der Waals surface area contributed by atoms with Crippen molar-refractivity contribution in [2.45, 2.75) is 32.7 Å². The molecule has 212 valence electrons. The Balaban J connectivity index is 1.70. The van der Waals surface area contributed by atoms with Gasteiger partial charge in [-0.1, -0.05) is 43.3 Å². The lowest BCUT2D eigenvalue weighted by atomic mass is 10.1. The molecule has 2 aliphatic rings. The molecule has 1 saturated heterocycles. The second-order valence-electron chi connectivity index (χ2n) is 10.3. The summed E-state index contributed by atoms with van der Waals surface area (Å²) in [7, 11) is 0. The van der Waals surface area contributed by atoms with Crippen LogP contribution >= 0.6 is 11.6 Å². The van der Waals surface area contributed by atoms with Crippen molar-refractivity contribution in [1.29, 1.82) is 0 Å². The zero-order valence-corrected chi connectivity index (χ0v) is 23.3. The fraction of sp³-hybridized carbons (Fsp3) is 0.321. The van der Waals surface area contributed by atoms with E-state index in [0.29, 0.717) is 42.2 Å². The van der Waals surface area contributed by atoms with Gasteiger partial charge in [0.2, 0.25) is 5.91 Å². The highest BCUT2D eigenvalue weighted by molar-refractivity contribution is 6.36. The van der Waals surface area contributed by atoms with E-state index in [9.17, 15) is 14.7 Å². The van der Waals surface area contributed by atoms with Crippen molar-refractivity contribution in [3.05, 3.63) is 63.6 Å². The number of nitrogens with zero attached hydrogens (tertiary/aromatic N) is 6. The molecule has 1 N–H and O–H groups in total. The Morgan fingerprint density at radius 1 is 1.29 bits per heavy atom. The number of aryl methyl sites for hydroxylation is 1. The Kier molecular flexibility index (Phi) is 6.45. The molecule has 0 spiro atoms. The Hall–Kier alpha value is -4.45. The van der Waals surface area contributed by atoms with E-state index in [-0.39, 0.29) is 63.7 Å². The molecule has 11 nitrogen and oxygen atoms in total. The Morgan fingerprint density at radius 3 is 2.78 bits per heavy atom. The molecule has 1 fully saturated rings. The summed E-state index contributed by atoms with van der Waals surface area (Å²) in [5.74, 6) is -0.683. The third-order valence-electron chi connectivity index (χ3n) is 7.40. The minimum atomic E-state index is -0.761. The molecule has 0 unspecified atom stereocenters. The summed E-state index contributed by atoms with van der Waals surface area (Å²) >= 11 is 6.87. The molecule has 1 atom stereocenters. The van der Waals surface area contributed by atoms with Crippen LogP contribution in [0.3, 0.4) is 0 Å². The van der Waals surface area contributed by atoms with Gasteiger partial charge in [0.25, 0.3) is 0 Å². The molecular weight excluding hydrogens is 555 g/mol. The van der Waals surface area contributed by atoms with Crippen molar-refractivity contribution in [2.75, 3.05) is 31.1 Å². The molecule has 2 aliphatic heterocycles. The van der Waals surface area contributed by atoms with Gasteiger partial charge in [-0.2, -0.15) is 4.98 Å². The summed E-state index contributed by atoms with van der Waals surface area (Å²) < 4.78 is 28.3. The van der Waals surface area contributed by atoms with Crippen LogP contribution in [0, 0.1) is 12.7 Å². The molecule has 4 aromatic rings. The van der Waals surface area contributed by atoms with Gasteiger partial charge in [0, 0.05) is 25.6 Å². The van der Waals surface area contributed by atoms with Crippen LogP contribution in [0.5, 0.6) is 11.5 Å². The van der Waals surface area contributed by atoms with Gasteiger partial charge < -0.3 is 24.2 Å². The number of hydrogen-bond donors (Lipinski definition) is 1. The number of fused-ring (bicyclic) bond motifs is 2. The smallest absolute Gasteiger partial charge is 0.356 e. The number of ether oxygens (including phenoxy) is 1. The van der Waals surface area contributed by atoms with Crippen molar-refractivity contribution in [1.82, 2.24) is 24.6 Å². The number of amides is 1. The molecule has 6 rings (SSSR count). The van der Waals surface area contributed by atoms with E-state index in [0.717, 1.165) is 0 Å². The number of anilines is 1. The van der Waals surface area contributed by atoms with Crippen LogP contribution in [0.1, 0.15) is 31.2 Å². The molecule has 1 amide bonds. The summed E-state index contributed by atoms with van der Waals surface area (Å²) in [6.07, 6.45) is 1.25. The molecule has 5 heterocycles. The van der Waals surface area contributed by atoms with E-state index in [1.165, 1.54) is 28.8 Å². The summed E-state index contributed by atoms with van der Waals surface area (Å²) in [4.78, 5) is 39.0. The first-order valence-corrected chi connectivity index (χ1v) is 13.4. The van der Waals surface area contributed by atoms with E-state index in [2.05, 4.69) is 16.7 Å². The Morgan fingerprint density at radius 2 is 2.07 bits per heavy atom. The predicted molar refractivity (Wildman–Crippen MR) is 149 cm³/mol. The van der Waals surface area contributed by atoms with Gasteiger partial charge in [0.15, 0.2) is 17.2 Å². The lowest BCUT2D eigenvalue weighted by molar-refractivity contribution is -0.126. The van der Waals surface area contributed by atoms with Crippen LogP contribution < -0.4 is 15.3 Å². The van der Waals surface area contributed by atoms with Gasteiger partial charge in [-0.25, -0.2) is 18.7 Å². The number of aromatic nitrogens is 4. The van der Waals surface area contributed by atoms with Crippen LogP contribution in [0.2, 0.25) is 5.02 Å². The molecule has 41 heavy (non-hydrogen) atoms. The van der Waals surface area contributed by atoms with Crippen LogP contribution in [0.15, 0.2) is 40.2 Å². The molecule has 13 heteroatoms. The molecule has 3 aromatic heterocycles. The number of benzene rings is 1. The molecular formula is C28H26ClFN6O5. The zero-order valence-electron chi connectivity index (χ0n) is 22.5. The Bertz CT molecular complexity index is 1780. The minimum Gasteiger partial charge on any atom is -0.507 e. The van der Waals surface area contributed by atoms with E-state index < -0.39 is 11.5 Å². The maximum Gasteiger partial charge on any atom is 0.356 e.